The lowest BCUT2D eigenvalue weighted by Gasteiger charge is -2.53. The molecule has 7 nitrogen and oxygen atoms in total. The van der Waals surface area contributed by atoms with Crippen molar-refractivity contribution in [1.29, 1.82) is 0 Å². The molecular formula is C27H31N5O2. The molecule has 3 aromatic rings. The molecule has 1 aromatic heterocycles. The Hall–Kier alpha value is -3.19. The van der Waals surface area contributed by atoms with Crippen LogP contribution in [0.3, 0.4) is 0 Å². The quantitative estimate of drug-likeness (QED) is 0.630. The van der Waals surface area contributed by atoms with Gasteiger partial charge in [-0.05, 0) is 56.0 Å². The Kier molecular flexibility index (Phi) is 5.17. The molecule has 1 aliphatic carbocycles. The van der Waals surface area contributed by atoms with Gasteiger partial charge in [-0.15, -0.1) is 0 Å². The first-order valence-corrected chi connectivity index (χ1v) is 12.3. The number of aromatic nitrogens is 2. The van der Waals surface area contributed by atoms with Crippen LogP contribution in [0.4, 0.5) is 0 Å². The molecule has 0 unspecified atom stereocenters. The monoisotopic (exact) mass is 457 g/mol. The molecule has 0 radical (unpaired) electrons. The molecule has 6 rings (SSSR count). The maximum Gasteiger partial charge on any atom is 0.275 e. The van der Waals surface area contributed by atoms with Gasteiger partial charge in [0.25, 0.3) is 5.91 Å². The molecule has 1 saturated carbocycles. The molecule has 2 aliphatic heterocycles. The Bertz CT molecular complexity index is 1210. The average molecular weight is 458 g/mol. The van der Waals surface area contributed by atoms with Gasteiger partial charge in [-0.3, -0.25) is 14.7 Å². The minimum atomic E-state index is 0.00821. The molecule has 7 heteroatoms. The zero-order valence-electron chi connectivity index (χ0n) is 19.6. The largest absolute Gasteiger partial charge is 0.353 e. The molecule has 2 amide bonds. The topological polar surface area (TPSA) is 81.3 Å². The van der Waals surface area contributed by atoms with Gasteiger partial charge in [0.05, 0.1) is 11.4 Å². The highest BCUT2D eigenvalue weighted by Gasteiger charge is 2.48. The molecule has 2 aromatic carbocycles. The van der Waals surface area contributed by atoms with Crippen LogP contribution in [-0.2, 0) is 4.79 Å². The molecule has 1 spiro atoms. The van der Waals surface area contributed by atoms with Crippen molar-refractivity contribution in [2.24, 2.45) is 11.3 Å². The van der Waals surface area contributed by atoms with Gasteiger partial charge in [-0.2, -0.15) is 5.10 Å². The van der Waals surface area contributed by atoms with Crippen molar-refractivity contribution in [2.45, 2.75) is 31.7 Å². The Morgan fingerprint density at radius 2 is 1.76 bits per heavy atom. The second-order valence-electron chi connectivity index (χ2n) is 10.6. The molecule has 3 heterocycles. The number of carbonyl (C=O) groups excluding carboxylic acids is 2. The zero-order chi connectivity index (χ0) is 23.3. The number of H-pyrrole nitrogens is 1. The molecule has 2 saturated heterocycles. The Labute approximate surface area is 199 Å². The summed E-state index contributed by atoms with van der Waals surface area (Å²) in [5.74, 6) is 0.379. The number of likely N-dealkylation sites (tertiary alicyclic amines) is 2. The lowest BCUT2D eigenvalue weighted by Crippen LogP contribution is -2.61. The summed E-state index contributed by atoms with van der Waals surface area (Å²) in [5.41, 5.74) is 3.85. The lowest BCUT2D eigenvalue weighted by molar-refractivity contribution is -0.131. The van der Waals surface area contributed by atoms with Crippen LogP contribution in [0.25, 0.3) is 22.0 Å². The standard InChI is InChI=1S/C27H31N5O2/c1-31-14-20(15-31)25(33)28-21-9-11-27(12-10-21)16-32(17-27)26(34)24-22-8-7-19(13-23(22)29-30-24)18-5-3-2-4-6-18/h2-8,13,20-21H,9-12,14-17H2,1H3,(H,28,33)(H,29,30). The van der Waals surface area contributed by atoms with Crippen LogP contribution in [-0.4, -0.2) is 71.1 Å². The summed E-state index contributed by atoms with van der Waals surface area (Å²) in [6, 6.07) is 16.6. The van der Waals surface area contributed by atoms with Gasteiger partial charge in [-0.25, -0.2) is 0 Å². The van der Waals surface area contributed by atoms with Gasteiger partial charge in [-0.1, -0.05) is 36.4 Å². The third-order valence-electron chi connectivity index (χ3n) is 8.04. The summed E-state index contributed by atoms with van der Waals surface area (Å²) in [4.78, 5) is 29.7. The molecule has 176 valence electrons. The van der Waals surface area contributed by atoms with Gasteiger partial charge in [0, 0.05) is 43.0 Å². The predicted molar refractivity (Wildman–Crippen MR) is 131 cm³/mol. The van der Waals surface area contributed by atoms with Crippen molar-refractivity contribution in [2.75, 3.05) is 33.2 Å². The Morgan fingerprint density at radius 3 is 2.47 bits per heavy atom. The first kappa shape index (κ1) is 21.4. The van der Waals surface area contributed by atoms with E-state index in [0.29, 0.717) is 5.69 Å². The van der Waals surface area contributed by atoms with E-state index in [1.807, 2.05) is 36.2 Å². The van der Waals surface area contributed by atoms with Crippen LogP contribution in [0, 0.1) is 11.3 Å². The molecule has 2 N–H and O–H groups in total. The number of aromatic amines is 1. The van der Waals surface area contributed by atoms with Crippen molar-refractivity contribution in [3.63, 3.8) is 0 Å². The summed E-state index contributed by atoms with van der Waals surface area (Å²) in [6.07, 6.45) is 4.13. The minimum Gasteiger partial charge on any atom is -0.353 e. The van der Waals surface area contributed by atoms with Crippen molar-refractivity contribution in [1.82, 2.24) is 25.3 Å². The van der Waals surface area contributed by atoms with E-state index >= 15 is 0 Å². The number of amides is 2. The Balaban J connectivity index is 1.06. The summed E-state index contributed by atoms with van der Waals surface area (Å²) in [7, 11) is 2.05. The zero-order valence-corrected chi connectivity index (χ0v) is 19.6. The van der Waals surface area contributed by atoms with E-state index in [4.69, 9.17) is 0 Å². The van der Waals surface area contributed by atoms with Gasteiger partial charge in [0.15, 0.2) is 5.69 Å². The van der Waals surface area contributed by atoms with Gasteiger partial charge in [0.2, 0.25) is 5.91 Å². The fourth-order valence-corrected chi connectivity index (χ4v) is 5.92. The fourth-order valence-electron chi connectivity index (χ4n) is 5.92. The molecule has 34 heavy (non-hydrogen) atoms. The highest BCUT2D eigenvalue weighted by molar-refractivity contribution is 6.05. The number of fused-ring (bicyclic) bond motifs is 1. The molecule has 0 atom stereocenters. The van der Waals surface area contributed by atoms with Crippen LogP contribution in [0.15, 0.2) is 48.5 Å². The lowest BCUT2D eigenvalue weighted by atomic mass is 9.67. The van der Waals surface area contributed by atoms with Crippen molar-refractivity contribution in [3.8, 4) is 11.1 Å². The summed E-state index contributed by atoms with van der Waals surface area (Å²) in [5, 5.41) is 11.6. The molecule has 0 bridgehead atoms. The van der Waals surface area contributed by atoms with Crippen LogP contribution < -0.4 is 5.32 Å². The van der Waals surface area contributed by atoms with Crippen LogP contribution in [0.5, 0.6) is 0 Å². The normalized spacial score (nSPS) is 20.8. The first-order chi connectivity index (χ1) is 16.5. The second kappa shape index (κ2) is 8.24. The summed E-state index contributed by atoms with van der Waals surface area (Å²) < 4.78 is 0. The summed E-state index contributed by atoms with van der Waals surface area (Å²) >= 11 is 0. The average Bonchev–Trinajstić information content (AvgIpc) is 3.24. The van der Waals surface area contributed by atoms with E-state index in [2.05, 4.69) is 44.7 Å². The van der Waals surface area contributed by atoms with Gasteiger partial charge in [0.1, 0.15) is 0 Å². The maximum absolute atomic E-state index is 13.2. The van der Waals surface area contributed by atoms with E-state index < -0.39 is 0 Å². The van der Waals surface area contributed by atoms with E-state index in [9.17, 15) is 9.59 Å². The van der Waals surface area contributed by atoms with E-state index in [1.165, 1.54) is 0 Å². The number of benzene rings is 2. The predicted octanol–water partition coefficient (Wildman–Crippen LogP) is 3.29. The number of nitrogens with zero attached hydrogens (tertiary/aromatic N) is 3. The SMILES string of the molecule is CN1CC(C(=O)NC2CCC3(CC2)CN(C(=O)c2n[nH]c4cc(-c5ccccc5)ccc24)C3)C1. The maximum atomic E-state index is 13.2. The smallest absolute Gasteiger partial charge is 0.275 e. The highest BCUT2D eigenvalue weighted by Crippen LogP contribution is 2.44. The Morgan fingerprint density at radius 1 is 1.03 bits per heavy atom. The van der Waals surface area contributed by atoms with Crippen molar-refractivity contribution >= 4 is 22.7 Å². The van der Waals surface area contributed by atoms with Crippen molar-refractivity contribution < 1.29 is 9.59 Å². The second-order valence-corrected chi connectivity index (χ2v) is 10.6. The van der Waals surface area contributed by atoms with Crippen LogP contribution in [0.1, 0.15) is 36.2 Å². The van der Waals surface area contributed by atoms with E-state index in [1.54, 1.807) is 0 Å². The number of hydrogen-bond donors (Lipinski definition) is 2. The van der Waals surface area contributed by atoms with Crippen LogP contribution >= 0.6 is 0 Å². The first-order valence-electron chi connectivity index (χ1n) is 12.3. The third kappa shape index (κ3) is 3.78. The van der Waals surface area contributed by atoms with Gasteiger partial charge < -0.3 is 15.1 Å². The van der Waals surface area contributed by atoms with Crippen molar-refractivity contribution in [3.05, 3.63) is 54.2 Å². The number of carbonyl (C=O) groups is 2. The highest BCUT2D eigenvalue weighted by atomic mass is 16.2. The fraction of sp³-hybridized carbons (Fsp3) is 0.444. The summed E-state index contributed by atoms with van der Waals surface area (Å²) in [6.45, 7) is 3.32. The number of hydrogen-bond acceptors (Lipinski definition) is 4. The minimum absolute atomic E-state index is 0.00821. The van der Waals surface area contributed by atoms with E-state index in [-0.39, 0.29) is 29.2 Å². The van der Waals surface area contributed by atoms with Crippen LogP contribution in [0.2, 0.25) is 0 Å². The van der Waals surface area contributed by atoms with Gasteiger partial charge >= 0.3 is 0 Å². The third-order valence-corrected chi connectivity index (χ3v) is 8.04. The molecule has 3 aliphatic rings. The number of nitrogens with one attached hydrogen (secondary N) is 2. The van der Waals surface area contributed by atoms with E-state index in [0.717, 1.165) is 73.9 Å². The molecule has 3 fully saturated rings. The number of rotatable bonds is 4. The molecular weight excluding hydrogens is 426 g/mol.